The molecule has 0 aliphatic carbocycles. The number of rotatable bonds is 11. The minimum atomic E-state index is 0.558. The van der Waals surface area contributed by atoms with Gasteiger partial charge in [0.2, 0.25) is 0 Å². The second kappa shape index (κ2) is 9.99. The van der Waals surface area contributed by atoms with E-state index >= 15 is 0 Å². The maximum atomic E-state index is 4.81. The lowest BCUT2D eigenvalue weighted by Gasteiger charge is -2.17. The van der Waals surface area contributed by atoms with Crippen molar-refractivity contribution in [2.24, 2.45) is 11.8 Å². The molecule has 1 atom stereocenters. The minimum Gasteiger partial charge on any atom is -0.316 e. The maximum absolute atomic E-state index is 4.81. The van der Waals surface area contributed by atoms with E-state index in [0.29, 0.717) is 12.0 Å². The molecule has 0 aliphatic rings. The predicted molar refractivity (Wildman–Crippen MR) is 91.7 cm³/mol. The largest absolute Gasteiger partial charge is 0.316 e. The van der Waals surface area contributed by atoms with Gasteiger partial charge in [0.25, 0.3) is 0 Å². The lowest BCUT2D eigenvalue weighted by Crippen LogP contribution is -2.27. The summed E-state index contributed by atoms with van der Waals surface area (Å²) < 4.78 is 2.17. The molecule has 0 saturated heterocycles. The second-order valence-corrected chi connectivity index (χ2v) is 6.67. The monoisotopic (exact) mass is 293 g/mol. The summed E-state index contributed by atoms with van der Waals surface area (Å²) in [7, 11) is 0. The van der Waals surface area contributed by atoms with Gasteiger partial charge in [-0.05, 0) is 56.7 Å². The molecule has 1 N–H and O–H groups in total. The van der Waals surface area contributed by atoms with E-state index in [-0.39, 0.29) is 0 Å². The van der Waals surface area contributed by atoms with Crippen LogP contribution >= 0.6 is 0 Å². The first-order valence-corrected chi connectivity index (χ1v) is 8.85. The molecule has 1 aromatic rings. The van der Waals surface area contributed by atoms with E-state index in [2.05, 4.69) is 56.9 Å². The van der Waals surface area contributed by atoms with Crippen LogP contribution in [0.25, 0.3) is 0 Å². The van der Waals surface area contributed by atoms with Gasteiger partial charge >= 0.3 is 0 Å². The van der Waals surface area contributed by atoms with Gasteiger partial charge in [-0.1, -0.05) is 41.0 Å². The van der Waals surface area contributed by atoms with E-state index in [1.54, 1.807) is 0 Å². The van der Waals surface area contributed by atoms with E-state index in [9.17, 15) is 0 Å². The van der Waals surface area contributed by atoms with Gasteiger partial charge in [-0.3, -0.25) is 4.68 Å². The summed E-state index contributed by atoms with van der Waals surface area (Å²) in [6, 6.07) is 2.77. The van der Waals surface area contributed by atoms with Gasteiger partial charge in [0.05, 0.1) is 11.7 Å². The molecule has 0 amide bonds. The number of aromatic nitrogens is 2. The molecule has 0 fully saturated rings. The molecule has 3 heteroatoms. The van der Waals surface area contributed by atoms with Crippen LogP contribution in [0, 0.1) is 11.8 Å². The van der Waals surface area contributed by atoms with Gasteiger partial charge in [-0.25, -0.2) is 0 Å². The van der Waals surface area contributed by atoms with E-state index in [1.165, 1.54) is 18.5 Å². The Morgan fingerprint density at radius 1 is 1.14 bits per heavy atom. The Balaban J connectivity index is 2.54. The van der Waals surface area contributed by atoms with Crippen molar-refractivity contribution in [3.8, 4) is 0 Å². The van der Waals surface area contributed by atoms with Crippen molar-refractivity contribution < 1.29 is 0 Å². The van der Waals surface area contributed by atoms with Crippen molar-refractivity contribution in [2.75, 3.05) is 13.1 Å². The van der Waals surface area contributed by atoms with Gasteiger partial charge in [0, 0.05) is 6.20 Å². The highest BCUT2D eigenvalue weighted by Gasteiger charge is 2.13. The average molecular weight is 293 g/mol. The van der Waals surface area contributed by atoms with E-state index < -0.39 is 0 Å². The van der Waals surface area contributed by atoms with Crippen LogP contribution in [0.2, 0.25) is 0 Å². The molecule has 1 heterocycles. The Kier molecular flexibility index (Phi) is 8.67. The molecule has 3 nitrogen and oxygen atoms in total. The summed E-state index contributed by atoms with van der Waals surface area (Å²) >= 11 is 0. The Hall–Kier alpha value is -0.830. The SMILES string of the molecule is CCCC(CNCC(C)C)Cc1ccn(C(CC)CC)n1. The van der Waals surface area contributed by atoms with Crippen molar-refractivity contribution in [3.63, 3.8) is 0 Å². The predicted octanol–water partition coefficient (Wildman–Crippen LogP) is 4.45. The van der Waals surface area contributed by atoms with Crippen LogP contribution in [0.3, 0.4) is 0 Å². The molecule has 1 rings (SSSR count). The first kappa shape index (κ1) is 18.2. The molecule has 21 heavy (non-hydrogen) atoms. The first-order valence-electron chi connectivity index (χ1n) is 8.85. The number of hydrogen-bond acceptors (Lipinski definition) is 2. The number of nitrogens with one attached hydrogen (secondary N) is 1. The average Bonchev–Trinajstić information content (AvgIpc) is 2.88. The van der Waals surface area contributed by atoms with E-state index in [1.807, 2.05) is 0 Å². The van der Waals surface area contributed by atoms with Crippen LogP contribution < -0.4 is 5.32 Å². The summed E-state index contributed by atoms with van der Waals surface area (Å²) in [4.78, 5) is 0. The third-order valence-electron chi connectivity index (χ3n) is 4.16. The van der Waals surface area contributed by atoms with Gasteiger partial charge in [0.15, 0.2) is 0 Å². The van der Waals surface area contributed by atoms with Crippen molar-refractivity contribution in [2.45, 2.75) is 72.8 Å². The molecule has 0 spiro atoms. The van der Waals surface area contributed by atoms with Crippen LogP contribution in [0.5, 0.6) is 0 Å². The molecule has 0 radical (unpaired) electrons. The molecule has 0 aromatic carbocycles. The van der Waals surface area contributed by atoms with Gasteiger partial charge in [-0.2, -0.15) is 5.10 Å². The molecule has 1 aromatic heterocycles. The normalized spacial score (nSPS) is 13.3. The Labute approximate surface area is 131 Å². The third-order valence-corrected chi connectivity index (χ3v) is 4.16. The highest BCUT2D eigenvalue weighted by atomic mass is 15.3. The maximum Gasteiger partial charge on any atom is 0.0627 e. The molecular weight excluding hydrogens is 258 g/mol. The minimum absolute atomic E-state index is 0.558. The summed E-state index contributed by atoms with van der Waals surface area (Å²) in [6.45, 7) is 13.5. The lowest BCUT2D eigenvalue weighted by atomic mass is 9.98. The molecule has 1 unspecified atom stereocenters. The zero-order valence-electron chi connectivity index (χ0n) is 14.7. The standard InChI is InChI=1S/C18H35N3/c1-6-9-16(14-19-13-15(4)5)12-17-10-11-21(20-17)18(7-2)8-3/h10-11,15-16,18-19H,6-9,12-14H2,1-5H3. The Bertz CT molecular complexity index is 366. The smallest absolute Gasteiger partial charge is 0.0627 e. The van der Waals surface area contributed by atoms with Crippen molar-refractivity contribution in [1.82, 2.24) is 15.1 Å². The lowest BCUT2D eigenvalue weighted by molar-refractivity contribution is 0.403. The molecule has 0 bridgehead atoms. The van der Waals surface area contributed by atoms with E-state index in [0.717, 1.165) is 38.3 Å². The fraction of sp³-hybridized carbons (Fsp3) is 0.833. The van der Waals surface area contributed by atoms with Gasteiger partial charge in [-0.15, -0.1) is 0 Å². The van der Waals surface area contributed by atoms with Gasteiger partial charge in [0.1, 0.15) is 0 Å². The third kappa shape index (κ3) is 6.64. The second-order valence-electron chi connectivity index (χ2n) is 6.67. The first-order chi connectivity index (χ1) is 10.1. The fourth-order valence-corrected chi connectivity index (χ4v) is 2.91. The summed E-state index contributed by atoms with van der Waals surface area (Å²) in [5.41, 5.74) is 1.26. The van der Waals surface area contributed by atoms with Crippen molar-refractivity contribution in [3.05, 3.63) is 18.0 Å². The molecule has 122 valence electrons. The molecule has 0 aliphatic heterocycles. The summed E-state index contributed by atoms with van der Waals surface area (Å²) in [5.74, 6) is 1.43. The van der Waals surface area contributed by atoms with Crippen LogP contribution in [-0.2, 0) is 6.42 Å². The van der Waals surface area contributed by atoms with Crippen molar-refractivity contribution in [1.29, 1.82) is 0 Å². The van der Waals surface area contributed by atoms with Crippen molar-refractivity contribution >= 4 is 0 Å². The highest BCUT2D eigenvalue weighted by molar-refractivity contribution is 5.01. The fourth-order valence-electron chi connectivity index (χ4n) is 2.91. The van der Waals surface area contributed by atoms with Crippen LogP contribution in [0.15, 0.2) is 12.3 Å². The number of nitrogens with zero attached hydrogens (tertiary/aromatic N) is 2. The zero-order valence-corrected chi connectivity index (χ0v) is 14.7. The molecule has 0 saturated carbocycles. The topological polar surface area (TPSA) is 29.9 Å². The zero-order chi connectivity index (χ0) is 15.7. The van der Waals surface area contributed by atoms with Gasteiger partial charge < -0.3 is 5.32 Å². The Morgan fingerprint density at radius 3 is 2.43 bits per heavy atom. The van der Waals surface area contributed by atoms with Crippen LogP contribution in [0.1, 0.15) is 72.0 Å². The Morgan fingerprint density at radius 2 is 1.86 bits per heavy atom. The highest BCUT2D eigenvalue weighted by Crippen LogP contribution is 2.17. The quantitative estimate of drug-likeness (QED) is 0.653. The summed E-state index contributed by atoms with van der Waals surface area (Å²) in [5, 5.41) is 8.41. The van der Waals surface area contributed by atoms with Crippen LogP contribution in [-0.4, -0.2) is 22.9 Å². The molecular formula is C18H35N3. The van der Waals surface area contributed by atoms with Crippen LogP contribution in [0.4, 0.5) is 0 Å². The number of hydrogen-bond donors (Lipinski definition) is 1. The van der Waals surface area contributed by atoms with E-state index in [4.69, 9.17) is 5.10 Å². The summed E-state index contributed by atoms with van der Waals surface area (Å²) in [6.07, 6.45) is 8.12.